The van der Waals surface area contributed by atoms with Crippen LogP contribution in [0.15, 0.2) is 0 Å². The number of hydrogen-bond donors (Lipinski definition) is 1. The fourth-order valence-corrected chi connectivity index (χ4v) is 4.87. The van der Waals surface area contributed by atoms with Gasteiger partial charge in [-0.15, -0.1) is 23.5 Å². The van der Waals surface area contributed by atoms with Crippen molar-refractivity contribution in [1.82, 2.24) is 4.90 Å². The van der Waals surface area contributed by atoms with Crippen LogP contribution in [-0.4, -0.2) is 50.1 Å². The SMILES string of the molecule is CCC1SCC(C(=O)O)N1C(=O)C1CCCS1. The first kappa shape index (κ1) is 13.1. The standard InChI is InChI=1S/C11H17NO3S2/c1-2-9-12(7(6-17-9)11(14)15)10(13)8-4-3-5-16-8/h7-9H,2-6H2,1H3,(H,14,15). The first-order chi connectivity index (χ1) is 8.15. The molecule has 0 aromatic carbocycles. The molecule has 2 aliphatic heterocycles. The van der Waals surface area contributed by atoms with Crippen molar-refractivity contribution in [3.63, 3.8) is 0 Å². The number of hydrogen-bond acceptors (Lipinski definition) is 4. The summed E-state index contributed by atoms with van der Waals surface area (Å²) in [7, 11) is 0. The highest BCUT2D eigenvalue weighted by atomic mass is 32.2. The minimum absolute atomic E-state index is 0.00963. The second-order valence-electron chi connectivity index (χ2n) is 4.30. The Morgan fingerprint density at radius 2 is 2.18 bits per heavy atom. The second kappa shape index (κ2) is 5.52. The molecule has 2 heterocycles. The number of nitrogens with zero attached hydrogens (tertiary/aromatic N) is 1. The fourth-order valence-electron chi connectivity index (χ4n) is 2.30. The molecule has 2 rings (SSSR count). The maximum atomic E-state index is 12.4. The lowest BCUT2D eigenvalue weighted by molar-refractivity contribution is -0.148. The molecule has 0 aromatic heterocycles. The van der Waals surface area contributed by atoms with E-state index in [-0.39, 0.29) is 16.5 Å². The van der Waals surface area contributed by atoms with E-state index in [0.717, 1.165) is 25.0 Å². The lowest BCUT2D eigenvalue weighted by Gasteiger charge is -2.28. The molecule has 3 unspecified atom stereocenters. The average Bonchev–Trinajstić information content (AvgIpc) is 2.96. The molecule has 0 bridgehead atoms. The number of aliphatic carboxylic acids is 1. The zero-order valence-electron chi connectivity index (χ0n) is 9.80. The molecule has 2 saturated heterocycles. The Hall–Kier alpha value is -0.360. The Morgan fingerprint density at radius 1 is 1.41 bits per heavy atom. The molecule has 0 aromatic rings. The Balaban J connectivity index is 2.12. The van der Waals surface area contributed by atoms with Crippen molar-refractivity contribution < 1.29 is 14.7 Å². The lowest BCUT2D eigenvalue weighted by atomic mass is 10.2. The van der Waals surface area contributed by atoms with Crippen molar-refractivity contribution in [3.8, 4) is 0 Å². The van der Waals surface area contributed by atoms with Gasteiger partial charge in [-0.3, -0.25) is 4.79 Å². The maximum absolute atomic E-state index is 12.4. The number of carbonyl (C=O) groups is 2. The van der Waals surface area contributed by atoms with Crippen LogP contribution in [0.25, 0.3) is 0 Å². The molecule has 0 radical (unpaired) electrons. The van der Waals surface area contributed by atoms with Crippen LogP contribution in [-0.2, 0) is 9.59 Å². The number of thioether (sulfide) groups is 2. The number of rotatable bonds is 3. The summed E-state index contributed by atoms with van der Waals surface area (Å²) < 4.78 is 0. The van der Waals surface area contributed by atoms with E-state index in [4.69, 9.17) is 0 Å². The number of amides is 1. The zero-order valence-corrected chi connectivity index (χ0v) is 11.4. The van der Waals surface area contributed by atoms with Gasteiger partial charge in [-0.2, -0.15) is 0 Å². The molecular formula is C11H17NO3S2. The van der Waals surface area contributed by atoms with Crippen molar-refractivity contribution in [2.45, 2.75) is 42.9 Å². The minimum atomic E-state index is -0.871. The van der Waals surface area contributed by atoms with E-state index in [2.05, 4.69) is 0 Å². The van der Waals surface area contributed by atoms with Crippen LogP contribution in [0.1, 0.15) is 26.2 Å². The molecular weight excluding hydrogens is 258 g/mol. The Labute approximate surface area is 110 Å². The van der Waals surface area contributed by atoms with E-state index < -0.39 is 12.0 Å². The molecule has 96 valence electrons. The smallest absolute Gasteiger partial charge is 0.327 e. The summed E-state index contributed by atoms with van der Waals surface area (Å²) >= 11 is 3.26. The Morgan fingerprint density at radius 3 is 2.71 bits per heavy atom. The fraction of sp³-hybridized carbons (Fsp3) is 0.818. The van der Waals surface area contributed by atoms with E-state index >= 15 is 0 Å². The molecule has 0 spiro atoms. The van der Waals surface area contributed by atoms with Crippen LogP contribution >= 0.6 is 23.5 Å². The van der Waals surface area contributed by atoms with Gasteiger partial charge in [0.2, 0.25) is 5.91 Å². The molecule has 2 aliphatic rings. The van der Waals surface area contributed by atoms with Gasteiger partial charge < -0.3 is 10.0 Å². The van der Waals surface area contributed by atoms with Gasteiger partial charge in [0.1, 0.15) is 6.04 Å². The molecule has 3 atom stereocenters. The van der Waals surface area contributed by atoms with E-state index in [9.17, 15) is 14.7 Å². The van der Waals surface area contributed by atoms with Gasteiger partial charge in [0.25, 0.3) is 0 Å². The molecule has 6 heteroatoms. The summed E-state index contributed by atoms with van der Waals surface area (Å²) in [4.78, 5) is 25.2. The quantitative estimate of drug-likeness (QED) is 0.848. The van der Waals surface area contributed by atoms with Gasteiger partial charge in [-0.05, 0) is 25.0 Å². The summed E-state index contributed by atoms with van der Waals surface area (Å²) in [5.41, 5.74) is 0. The first-order valence-electron chi connectivity index (χ1n) is 5.93. The molecule has 1 amide bonds. The molecule has 0 aliphatic carbocycles. The summed E-state index contributed by atoms with van der Waals surface area (Å²) in [5.74, 6) is 0.713. The van der Waals surface area contributed by atoms with E-state index in [1.807, 2.05) is 6.92 Å². The normalized spacial score (nSPS) is 33.0. The highest BCUT2D eigenvalue weighted by Gasteiger charge is 2.43. The van der Waals surface area contributed by atoms with Crippen molar-refractivity contribution >= 4 is 35.4 Å². The minimum Gasteiger partial charge on any atom is -0.480 e. The molecule has 1 N–H and O–H groups in total. The number of carbonyl (C=O) groups excluding carboxylic acids is 1. The first-order valence-corrected chi connectivity index (χ1v) is 8.03. The third-order valence-corrected chi connectivity index (χ3v) is 6.00. The van der Waals surface area contributed by atoms with Gasteiger partial charge in [0, 0.05) is 5.75 Å². The summed E-state index contributed by atoms with van der Waals surface area (Å²) in [6, 6.07) is -0.626. The van der Waals surface area contributed by atoms with Crippen molar-refractivity contribution in [2.75, 3.05) is 11.5 Å². The molecule has 2 fully saturated rings. The van der Waals surface area contributed by atoms with E-state index in [1.54, 1.807) is 28.4 Å². The largest absolute Gasteiger partial charge is 0.480 e. The van der Waals surface area contributed by atoms with E-state index in [0.29, 0.717) is 5.75 Å². The second-order valence-corrected chi connectivity index (χ2v) is 6.82. The van der Waals surface area contributed by atoms with Crippen LogP contribution in [0.5, 0.6) is 0 Å². The molecule has 17 heavy (non-hydrogen) atoms. The zero-order chi connectivity index (χ0) is 12.4. The topological polar surface area (TPSA) is 57.6 Å². The third kappa shape index (κ3) is 2.57. The maximum Gasteiger partial charge on any atom is 0.327 e. The van der Waals surface area contributed by atoms with Gasteiger partial charge in [-0.25, -0.2) is 4.79 Å². The Bertz CT molecular complexity index is 318. The number of carboxylic acids is 1. The average molecular weight is 275 g/mol. The van der Waals surface area contributed by atoms with Crippen molar-refractivity contribution in [3.05, 3.63) is 0 Å². The van der Waals surface area contributed by atoms with Crippen LogP contribution in [0, 0.1) is 0 Å². The van der Waals surface area contributed by atoms with Crippen LogP contribution in [0.3, 0.4) is 0 Å². The summed E-state index contributed by atoms with van der Waals surface area (Å²) in [6.07, 6.45) is 2.78. The van der Waals surface area contributed by atoms with Gasteiger partial charge in [-0.1, -0.05) is 6.92 Å². The Kier molecular flexibility index (Phi) is 4.25. The van der Waals surface area contributed by atoms with Gasteiger partial charge in [0.15, 0.2) is 0 Å². The highest BCUT2D eigenvalue weighted by Crippen LogP contribution is 2.36. The third-order valence-electron chi connectivity index (χ3n) is 3.19. The molecule has 0 saturated carbocycles. The van der Waals surface area contributed by atoms with Crippen molar-refractivity contribution in [1.29, 1.82) is 0 Å². The predicted octanol–water partition coefficient (Wildman–Crippen LogP) is 1.65. The van der Waals surface area contributed by atoms with Gasteiger partial charge in [0.05, 0.1) is 10.6 Å². The van der Waals surface area contributed by atoms with Crippen LogP contribution in [0.4, 0.5) is 0 Å². The van der Waals surface area contributed by atoms with Crippen molar-refractivity contribution in [2.24, 2.45) is 0 Å². The summed E-state index contributed by atoms with van der Waals surface area (Å²) in [6.45, 7) is 2.00. The van der Waals surface area contributed by atoms with E-state index in [1.165, 1.54) is 0 Å². The molecule has 4 nitrogen and oxygen atoms in total. The monoisotopic (exact) mass is 275 g/mol. The predicted molar refractivity (Wildman–Crippen MR) is 70.3 cm³/mol. The van der Waals surface area contributed by atoms with Crippen LogP contribution < -0.4 is 0 Å². The van der Waals surface area contributed by atoms with Crippen LogP contribution in [0.2, 0.25) is 0 Å². The number of carboxylic acid groups (broad SMARTS) is 1. The highest BCUT2D eigenvalue weighted by molar-refractivity contribution is 8.01. The van der Waals surface area contributed by atoms with Gasteiger partial charge >= 0.3 is 5.97 Å². The lowest BCUT2D eigenvalue weighted by Crippen LogP contribution is -2.48. The summed E-state index contributed by atoms with van der Waals surface area (Å²) in [5, 5.41) is 9.21.